The molecule has 0 fully saturated rings. The fourth-order valence-electron chi connectivity index (χ4n) is 0.143. The zero-order valence-corrected chi connectivity index (χ0v) is 3.87. The summed E-state index contributed by atoms with van der Waals surface area (Å²) in [5.74, 6) is -2.51. The summed E-state index contributed by atoms with van der Waals surface area (Å²) in [6.07, 6.45) is 1.12. The summed E-state index contributed by atoms with van der Waals surface area (Å²) in [5, 5.41) is 15.6. The highest BCUT2D eigenvalue weighted by atomic mass is 16.6. The quantitative estimate of drug-likeness (QED) is 0.488. The molecule has 0 heterocycles. The molecule has 0 aliphatic rings. The Hall–Kier alpha value is -1.32. The average Bonchev–Trinajstić information content (AvgIpc) is 1.61. The van der Waals surface area contributed by atoms with Crippen molar-refractivity contribution in [2.24, 2.45) is 0 Å². The Morgan fingerprint density at radius 2 is 2.12 bits per heavy atom. The first-order valence-corrected chi connectivity index (χ1v) is 1.77. The number of hydrogen-bond acceptors (Lipinski definition) is 2. The van der Waals surface area contributed by atoms with Gasteiger partial charge in [-0.15, -0.1) is 0 Å². The molecule has 0 rings (SSSR count). The largest absolute Gasteiger partial charge is 0.478 e. The van der Waals surface area contributed by atoms with Gasteiger partial charge in [-0.1, -0.05) is 0 Å². The van der Waals surface area contributed by atoms with Crippen LogP contribution in [0.1, 0.15) is 0 Å². The Bertz CT molecular complexity index is 119. The van der Waals surface area contributed by atoms with Crippen LogP contribution in [-0.4, -0.2) is 22.2 Å². The van der Waals surface area contributed by atoms with E-state index < -0.39 is 11.9 Å². The molecule has 0 spiro atoms. The lowest BCUT2D eigenvalue weighted by Gasteiger charge is -1.74. The molecule has 44 valence electrons. The maximum Gasteiger partial charge on any atom is 0.328 e. The molecular weight excluding hydrogens is 114 g/mol. The Morgan fingerprint density at radius 3 is 2.25 bits per heavy atom. The molecule has 0 atom stereocenters. The first kappa shape index (κ1) is 6.68. The van der Waals surface area contributed by atoms with E-state index in [2.05, 4.69) is 0 Å². The smallest absolute Gasteiger partial charge is 0.328 e. The van der Waals surface area contributed by atoms with Gasteiger partial charge >= 0.3 is 11.9 Å². The van der Waals surface area contributed by atoms with Gasteiger partial charge in [0.1, 0.15) is 0 Å². The minimum Gasteiger partial charge on any atom is -0.478 e. The van der Waals surface area contributed by atoms with E-state index in [1.165, 1.54) is 0 Å². The summed E-state index contributed by atoms with van der Waals surface area (Å²) >= 11 is 0. The number of carboxylic acid groups (broad SMARTS) is 2. The Kier molecular flexibility index (Phi) is 2.33. The lowest BCUT2D eigenvalue weighted by Crippen LogP contribution is -1.91. The molecule has 0 aromatic rings. The number of carbonyl (C=O) groups is 2. The predicted molar refractivity (Wildman–Crippen MR) is 24.4 cm³/mol. The molecule has 0 bridgehead atoms. The van der Waals surface area contributed by atoms with Crippen LogP contribution in [0.4, 0.5) is 0 Å². The highest BCUT2D eigenvalue weighted by molar-refractivity contribution is 5.89. The number of aliphatic carboxylic acids is 2. The molecule has 0 aromatic carbocycles. The van der Waals surface area contributed by atoms with Gasteiger partial charge in [-0.25, -0.2) is 9.59 Å². The van der Waals surface area contributed by atoms with Crippen molar-refractivity contribution >= 4 is 11.9 Å². The minimum absolute atomic E-state index is 0.558. The maximum atomic E-state index is 9.55. The summed E-state index contributed by atoms with van der Waals surface area (Å²) in [4.78, 5) is 19.1. The second-order valence-corrected chi connectivity index (χ2v) is 1.01. The molecule has 2 N–H and O–H groups in total. The number of carboxylic acids is 2. The van der Waals surface area contributed by atoms with Crippen molar-refractivity contribution in [3.8, 4) is 0 Å². The highest BCUT2D eigenvalue weighted by Gasteiger charge is 1.88. The van der Waals surface area contributed by atoms with E-state index in [1.807, 2.05) is 0 Å². The molecule has 0 aliphatic heterocycles. The molecule has 4 heteroatoms. The number of hydrogen-bond donors (Lipinski definition) is 2. The van der Waals surface area contributed by atoms with Gasteiger partial charge in [0.25, 0.3) is 0 Å². The van der Waals surface area contributed by atoms with Crippen LogP contribution in [0.15, 0.2) is 12.2 Å². The zero-order chi connectivity index (χ0) is 6.57. The summed E-state index contributed by atoms with van der Waals surface area (Å²) in [5.41, 5.74) is 0. The van der Waals surface area contributed by atoms with Crippen LogP contribution in [0.5, 0.6) is 0 Å². The molecule has 0 radical (unpaired) electrons. The molecule has 0 aromatic heterocycles. The predicted octanol–water partition coefficient (Wildman–Crippen LogP) is -0.288. The van der Waals surface area contributed by atoms with Crippen LogP contribution in [-0.2, 0) is 9.59 Å². The van der Waals surface area contributed by atoms with Crippen LogP contribution >= 0.6 is 0 Å². The van der Waals surface area contributed by atoms with Crippen LogP contribution < -0.4 is 0 Å². The molecule has 0 saturated heterocycles. The van der Waals surface area contributed by atoms with Crippen molar-refractivity contribution < 1.29 is 19.8 Å². The number of rotatable bonds is 2. The lowest BCUT2D eigenvalue weighted by molar-refractivity contribution is -0.134. The second-order valence-electron chi connectivity index (χ2n) is 1.01. The standard InChI is InChI=1S/C4H4O4/c5-3(6)1-2-4(7)8/h1-2H,(H,5,6)(H,7,8)/b2-1+/i3+2. The second kappa shape index (κ2) is 2.79. The summed E-state index contributed by atoms with van der Waals surface area (Å²) < 4.78 is 0. The molecule has 4 nitrogen and oxygen atoms in total. The van der Waals surface area contributed by atoms with E-state index in [1.54, 1.807) is 0 Å². The monoisotopic (exact) mass is 118 g/mol. The van der Waals surface area contributed by atoms with Gasteiger partial charge in [0.15, 0.2) is 0 Å². The van der Waals surface area contributed by atoms with Crippen molar-refractivity contribution in [3.63, 3.8) is 0 Å². The summed E-state index contributed by atoms with van der Waals surface area (Å²) in [6.45, 7) is 0. The zero-order valence-electron chi connectivity index (χ0n) is 3.87. The van der Waals surface area contributed by atoms with E-state index in [4.69, 9.17) is 10.2 Å². The maximum absolute atomic E-state index is 9.55. The van der Waals surface area contributed by atoms with Gasteiger partial charge in [-0.2, -0.15) is 0 Å². The summed E-state index contributed by atoms with van der Waals surface area (Å²) in [7, 11) is 0. The van der Waals surface area contributed by atoms with Crippen molar-refractivity contribution in [1.29, 1.82) is 0 Å². The normalized spacial score (nSPS) is 9.50. The third-order valence-corrected chi connectivity index (χ3v) is 0.368. The highest BCUT2D eigenvalue weighted by Crippen LogP contribution is 1.70. The van der Waals surface area contributed by atoms with Gasteiger partial charge in [-0.3, -0.25) is 0 Å². The van der Waals surface area contributed by atoms with Crippen LogP contribution in [0.2, 0.25) is 0 Å². The van der Waals surface area contributed by atoms with Gasteiger partial charge in [0.05, 0.1) is 0 Å². The van der Waals surface area contributed by atoms with Crippen molar-refractivity contribution in [3.05, 3.63) is 12.2 Å². The van der Waals surface area contributed by atoms with E-state index >= 15 is 0 Å². The third-order valence-electron chi connectivity index (χ3n) is 0.368. The molecule has 0 saturated carbocycles. The van der Waals surface area contributed by atoms with Gasteiger partial charge in [0, 0.05) is 12.2 Å². The van der Waals surface area contributed by atoms with Gasteiger partial charge < -0.3 is 10.2 Å². The third kappa shape index (κ3) is 4.68. The van der Waals surface area contributed by atoms with Gasteiger partial charge in [-0.05, 0) is 0 Å². The van der Waals surface area contributed by atoms with Crippen LogP contribution in [0.3, 0.4) is 0 Å². The van der Waals surface area contributed by atoms with Gasteiger partial charge in [0.2, 0.25) is 0 Å². The summed E-state index contributed by atoms with van der Waals surface area (Å²) in [6, 6.07) is 0. The van der Waals surface area contributed by atoms with E-state index in [0.717, 1.165) is 0 Å². The minimum atomic E-state index is -1.26. The Labute approximate surface area is 45.1 Å². The van der Waals surface area contributed by atoms with Crippen molar-refractivity contribution in [1.82, 2.24) is 0 Å². The van der Waals surface area contributed by atoms with E-state index in [9.17, 15) is 9.59 Å². The lowest BCUT2D eigenvalue weighted by atomic mass is 10.6. The van der Waals surface area contributed by atoms with Crippen LogP contribution in [0, 0.1) is 0 Å². The average molecular weight is 118 g/mol. The fraction of sp³-hybridized carbons (Fsp3) is 0. The van der Waals surface area contributed by atoms with Crippen LogP contribution in [0.25, 0.3) is 0 Å². The first-order chi connectivity index (χ1) is 3.63. The first-order valence-electron chi connectivity index (χ1n) is 1.77. The van der Waals surface area contributed by atoms with E-state index in [-0.39, 0.29) is 0 Å². The topological polar surface area (TPSA) is 74.6 Å². The molecule has 8 heavy (non-hydrogen) atoms. The Morgan fingerprint density at radius 1 is 1.62 bits per heavy atom. The van der Waals surface area contributed by atoms with Crippen molar-refractivity contribution in [2.45, 2.75) is 0 Å². The van der Waals surface area contributed by atoms with Crippen molar-refractivity contribution in [2.75, 3.05) is 0 Å². The SMILES string of the molecule is O=C(O)/C=C/[14C](=O)O. The molecule has 0 amide bonds. The molecule has 0 unspecified atom stereocenters. The Balaban J connectivity index is 3.67. The van der Waals surface area contributed by atoms with E-state index in [0.29, 0.717) is 12.2 Å². The molecule has 0 aliphatic carbocycles. The fourth-order valence-corrected chi connectivity index (χ4v) is 0.143. The molecular formula is C4H4O4.